The predicted octanol–water partition coefficient (Wildman–Crippen LogP) is 2.39. The SMILES string of the molecule is CCC1CCN(CCOc2ccc(C#N)cc2)C(CN)C1. The number of hydrogen-bond acceptors (Lipinski definition) is 4. The Morgan fingerprint density at radius 2 is 2.14 bits per heavy atom. The minimum atomic E-state index is 0.494. The van der Waals surface area contributed by atoms with E-state index in [4.69, 9.17) is 15.7 Å². The van der Waals surface area contributed by atoms with E-state index in [9.17, 15) is 0 Å². The number of nitriles is 1. The van der Waals surface area contributed by atoms with Crippen molar-refractivity contribution in [2.75, 3.05) is 26.2 Å². The second-order valence-electron chi connectivity index (χ2n) is 5.71. The van der Waals surface area contributed by atoms with Crippen molar-refractivity contribution in [2.45, 2.75) is 32.2 Å². The molecule has 1 aromatic rings. The van der Waals surface area contributed by atoms with Gasteiger partial charge in [0.2, 0.25) is 0 Å². The molecular formula is C17H25N3O. The highest BCUT2D eigenvalue weighted by molar-refractivity contribution is 5.34. The predicted molar refractivity (Wildman–Crippen MR) is 84.1 cm³/mol. The lowest BCUT2D eigenvalue weighted by Gasteiger charge is -2.38. The summed E-state index contributed by atoms with van der Waals surface area (Å²) in [6.07, 6.45) is 3.74. The van der Waals surface area contributed by atoms with Gasteiger partial charge in [0, 0.05) is 19.1 Å². The van der Waals surface area contributed by atoms with Gasteiger partial charge in [-0.1, -0.05) is 13.3 Å². The second kappa shape index (κ2) is 8.02. The zero-order chi connectivity index (χ0) is 15.1. The monoisotopic (exact) mass is 287 g/mol. The minimum Gasteiger partial charge on any atom is -0.492 e. The molecule has 0 radical (unpaired) electrons. The highest BCUT2D eigenvalue weighted by atomic mass is 16.5. The van der Waals surface area contributed by atoms with Gasteiger partial charge in [0.05, 0.1) is 11.6 Å². The number of nitrogens with two attached hydrogens (primary N) is 1. The highest BCUT2D eigenvalue weighted by Gasteiger charge is 2.26. The lowest BCUT2D eigenvalue weighted by atomic mass is 9.89. The molecule has 114 valence electrons. The van der Waals surface area contributed by atoms with Gasteiger partial charge < -0.3 is 10.5 Å². The Kier molecular flexibility index (Phi) is 6.04. The molecule has 1 saturated heterocycles. The Balaban J connectivity index is 1.78. The van der Waals surface area contributed by atoms with Gasteiger partial charge in [0.15, 0.2) is 0 Å². The quantitative estimate of drug-likeness (QED) is 0.872. The van der Waals surface area contributed by atoms with Crippen molar-refractivity contribution >= 4 is 0 Å². The molecule has 2 unspecified atom stereocenters. The first-order valence-corrected chi connectivity index (χ1v) is 7.84. The Morgan fingerprint density at radius 1 is 1.38 bits per heavy atom. The average Bonchev–Trinajstić information content (AvgIpc) is 2.55. The standard InChI is InChI=1S/C17H25N3O/c1-2-14-7-8-20(16(11-14)13-19)9-10-21-17-5-3-15(12-18)4-6-17/h3-6,14,16H,2,7-11,13,19H2,1H3. The van der Waals surface area contributed by atoms with E-state index in [2.05, 4.69) is 17.9 Å². The summed E-state index contributed by atoms with van der Waals surface area (Å²) in [6.45, 7) is 5.70. The average molecular weight is 287 g/mol. The summed E-state index contributed by atoms with van der Waals surface area (Å²) in [5.41, 5.74) is 6.57. The number of nitrogens with zero attached hydrogens (tertiary/aromatic N) is 2. The first-order valence-electron chi connectivity index (χ1n) is 7.84. The van der Waals surface area contributed by atoms with Crippen LogP contribution in [0.15, 0.2) is 24.3 Å². The number of piperidine rings is 1. The van der Waals surface area contributed by atoms with Crippen LogP contribution in [0.1, 0.15) is 31.7 Å². The van der Waals surface area contributed by atoms with Gasteiger partial charge in [-0.2, -0.15) is 5.26 Å². The molecule has 1 fully saturated rings. The number of rotatable bonds is 6. The van der Waals surface area contributed by atoms with Gasteiger partial charge in [-0.05, 0) is 49.6 Å². The van der Waals surface area contributed by atoms with Gasteiger partial charge in [0.25, 0.3) is 0 Å². The van der Waals surface area contributed by atoms with E-state index >= 15 is 0 Å². The number of hydrogen-bond donors (Lipinski definition) is 1. The van der Waals surface area contributed by atoms with Gasteiger partial charge >= 0.3 is 0 Å². The molecule has 1 aliphatic heterocycles. The van der Waals surface area contributed by atoms with E-state index in [-0.39, 0.29) is 0 Å². The van der Waals surface area contributed by atoms with Gasteiger partial charge in [-0.3, -0.25) is 4.90 Å². The third-order valence-electron chi connectivity index (χ3n) is 4.43. The highest BCUT2D eigenvalue weighted by Crippen LogP contribution is 2.24. The van der Waals surface area contributed by atoms with Gasteiger partial charge in [-0.15, -0.1) is 0 Å². The third kappa shape index (κ3) is 4.45. The van der Waals surface area contributed by atoms with Crippen LogP contribution in [0.3, 0.4) is 0 Å². The van der Waals surface area contributed by atoms with Crippen LogP contribution in [-0.4, -0.2) is 37.2 Å². The van der Waals surface area contributed by atoms with Crippen LogP contribution in [0.2, 0.25) is 0 Å². The summed E-state index contributed by atoms with van der Waals surface area (Å²) >= 11 is 0. The lowest BCUT2D eigenvalue weighted by molar-refractivity contribution is 0.0970. The van der Waals surface area contributed by atoms with Crippen molar-refractivity contribution in [3.8, 4) is 11.8 Å². The molecule has 2 N–H and O–H groups in total. The molecule has 0 spiro atoms. The van der Waals surface area contributed by atoms with Crippen molar-refractivity contribution < 1.29 is 4.74 Å². The molecule has 0 saturated carbocycles. The molecule has 0 amide bonds. The molecule has 1 aromatic carbocycles. The lowest BCUT2D eigenvalue weighted by Crippen LogP contribution is -2.48. The maximum absolute atomic E-state index is 8.76. The van der Waals surface area contributed by atoms with E-state index in [1.54, 1.807) is 12.1 Å². The molecule has 4 nitrogen and oxygen atoms in total. The van der Waals surface area contributed by atoms with Crippen LogP contribution >= 0.6 is 0 Å². The Bertz CT molecular complexity index is 466. The van der Waals surface area contributed by atoms with Crippen molar-refractivity contribution in [2.24, 2.45) is 11.7 Å². The van der Waals surface area contributed by atoms with E-state index < -0.39 is 0 Å². The Hall–Kier alpha value is -1.57. The zero-order valence-electron chi connectivity index (χ0n) is 12.8. The zero-order valence-corrected chi connectivity index (χ0v) is 12.8. The van der Waals surface area contributed by atoms with E-state index in [0.717, 1.165) is 31.3 Å². The normalized spacial score (nSPS) is 22.7. The third-order valence-corrected chi connectivity index (χ3v) is 4.43. The van der Waals surface area contributed by atoms with Crippen LogP contribution in [0, 0.1) is 17.2 Å². The Morgan fingerprint density at radius 3 is 2.76 bits per heavy atom. The molecular weight excluding hydrogens is 262 g/mol. The summed E-state index contributed by atoms with van der Waals surface area (Å²) in [5, 5.41) is 8.76. The number of likely N-dealkylation sites (tertiary alicyclic amines) is 1. The summed E-state index contributed by atoms with van der Waals surface area (Å²) in [6, 6.07) is 9.87. The maximum atomic E-state index is 8.76. The number of ether oxygens (including phenoxy) is 1. The molecule has 0 bridgehead atoms. The van der Waals surface area contributed by atoms with Crippen LogP contribution in [0.25, 0.3) is 0 Å². The largest absolute Gasteiger partial charge is 0.492 e. The van der Waals surface area contributed by atoms with Gasteiger partial charge in [-0.25, -0.2) is 0 Å². The van der Waals surface area contributed by atoms with Crippen molar-refractivity contribution in [1.29, 1.82) is 5.26 Å². The summed E-state index contributed by atoms with van der Waals surface area (Å²) in [5.74, 6) is 1.65. The van der Waals surface area contributed by atoms with Crippen molar-refractivity contribution in [1.82, 2.24) is 4.90 Å². The molecule has 21 heavy (non-hydrogen) atoms. The van der Waals surface area contributed by atoms with Crippen LogP contribution in [0.4, 0.5) is 0 Å². The molecule has 4 heteroatoms. The Labute approximate surface area is 127 Å². The summed E-state index contributed by atoms with van der Waals surface area (Å²) in [4.78, 5) is 2.45. The van der Waals surface area contributed by atoms with E-state index in [0.29, 0.717) is 18.2 Å². The molecule has 1 heterocycles. The first-order chi connectivity index (χ1) is 10.3. The van der Waals surface area contributed by atoms with Crippen LogP contribution < -0.4 is 10.5 Å². The minimum absolute atomic E-state index is 0.494. The number of benzene rings is 1. The van der Waals surface area contributed by atoms with E-state index in [1.807, 2.05) is 12.1 Å². The van der Waals surface area contributed by atoms with Crippen LogP contribution in [0.5, 0.6) is 5.75 Å². The van der Waals surface area contributed by atoms with Gasteiger partial charge in [0.1, 0.15) is 12.4 Å². The molecule has 0 aliphatic carbocycles. The summed E-state index contributed by atoms with van der Waals surface area (Å²) in [7, 11) is 0. The molecule has 1 aliphatic rings. The van der Waals surface area contributed by atoms with Crippen LogP contribution in [-0.2, 0) is 0 Å². The molecule has 2 atom stereocenters. The fourth-order valence-corrected chi connectivity index (χ4v) is 3.00. The fraction of sp³-hybridized carbons (Fsp3) is 0.588. The second-order valence-corrected chi connectivity index (χ2v) is 5.71. The molecule has 2 rings (SSSR count). The molecule has 0 aromatic heterocycles. The van der Waals surface area contributed by atoms with Crippen molar-refractivity contribution in [3.63, 3.8) is 0 Å². The summed E-state index contributed by atoms with van der Waals surface area (Å²) < 4.78 is 5.76. The van der Waals surface area contributed by atoms with E-state index in [1.165, 1.54) is 19.3 Å². The maximum Gasteiger partial charge on any atom is 0.119 e. The topological polar surface area (TPSA) is 62.3 Å². The smallest absolute Gasteiger partial charge is 0.119 e. The first kappa shape index (κ1) is 15.8. The fourth-order valence-electron chi connectivity index (χ4n) is 3.00. The van der Waals surface area contributed by atoms with Crippen molar-refractivity contribution in [3.05, 3.63) is 29.8 Å².